The number of imidazole rings is 1. The molecule has 0 bridgehead atoms. The Labute approximate surface area is 207 Å². The van der Waals surface area contributed by atoms with Crippen molar-refractivity contribution in [3.05, 3.63) is 109 Å². The van der Waals surface area contributed by atoms with Crippen LogP contribution < -0.4 is 0 Å². The largest absolute Gasteiger partial charge is 0.327 e. The molecule has 0 saturated carbocycles. The number of rotatable bonds is 2. The summed E-state index contributed by atoms with van der Waals surface area (Å²) in [4.78, 5) is 10.4. The zero-order chi connectivity index (χ0) is 24.2. The van der Waals surface area contributed by atoms with Crippen LogP contribution in [-0.2, 0) is 7.05 Å². The molecule has 0 amide bonds. The predicted molar refractivity (Wildman–Crippen MR) is 147 cm³/mol. The first kappa shape index (κ1) is 20.4. The molecule has 7 aromatic rings. The van der Waals surface area contributed by atoms with Gasteiger partial charge in [-0.15, -0.1) is 0 Å². The van der Waals surface area contributed by atoms with E-state index in [1.54, 1.807) is 0 Å². The Kier molecular flexibility index (Phi) is 4.39. The zero-order valence-corrected chi connectivity index (χ0v) is 19.6. The molecule has 0 fully saturated rings. The molecule has 0 atom stereocenters. The second-order valence-electron chi connectivity index (χ2n) is 9.02. The number of aryl methyl sites for hydroxylation is 1. The molecular weight excluding hydrogens is 440 g/mol. The lowest BCUT2D eigenvalue weighted by atomic mass is 9.93. The lowest BCUT2D eigenvalue weighted by molar-refractivity contribution is 0.962. The van der Waals surface area contributed by atoms with Crippen molar-refractivity contribution in [1.29, 1.82) is 5.26 Å². The van der Waals surface area contributed by atoms with Crippen molar-refractivity contribution in [2.24, 2.45) is 7.05 Å². The van der Waals surface area contributed by atoms with Gasteiger partial charge in [0.25, 0.3) is 0 Å². The number of para-hydroxylation sites is 1. The molecule has 4 heteroatoms. The van der Waals surface area contributed by atoms with E-state index in [0.29, 0.717) is 5.56 Å². The Bertz CT molecular complexity index is 1990. The molecule has 0 aliphatic heterocycles. The van der Waals surface area contributed by atoms with Crippen LogP contribution >= 0.6 is 0 Å². The summed E-state index contributed by atoms with van der Waals surface area (Å²) >= 11 is 0. The van der Waals surface area contributed by atoms with Crippen molar-refractivity contribution in [3.8, 4) is 28.6 Å². The summed E-state index contributed by atoms with van der Waals surface area (Å²) in [5, 5.41) is 13.6. The number of aromatic nitrogens is 3. The zero-order valence-electron chi connectivity index (χ0n) is 19.6. The molecule has 0 N–H and O–H groups in total. The topological polar surface area (TPSA) is 54.5 Å². The Morgan fingerprint density at radius 2 is 1.28 bits per heavy atom. The Balaban J connectivity index is 1.74. The molecule has 0 spiro atoms. The lowest BCUT2D eigenvalue weighted by Gasteiger charge is -2.15. The van der Waals surface area contributed by atoms with Crippen LogP contribution in [0.15, 0.2) is 103 Å². The second kappa shape index (κ2) is 7.76. The van der Waals surface area contributed by atoms with Gasteiger partial charge in [0.15, 0.2) is 0 Å². The maximum Gasteiger partial charge on any atom is 0.140 e. The summed E-state index contributed by atoms with van der Waals surface area (Å²) in [7, 11) is 2.07. The van der Waals surface area contributed by atoms with E-state index < -0.39 is 0 Å². The van der Waals surface area contributed by atoms with Gasteiger partial charge in [-0.1, -0.05) is 72.8 Å². The molecule has 2 heterocycles. The fourth-order valence-corrected chi connectivity index (χ4v) is 5.36. The molecule has 7 rings (SSSR count). The summed E-state index contributed by atoms with van der Waals surface area (Å²) in [5.74, 6) is 0.860. The van der Waals surface area contributed by atoms with Gasteiger partial charge in [0.05, 0.1) is 33.7 Å². The van der Waals surface area contributed by atoms with Gasteiger partial charge < -0.3 is 4.57 Å². The Morgan fingerprint density at radius 1 is 0.639 bits per heavy atom. The van der Waals surface area contributed by atoms with E-state index >= 15 is 0 Å². The molecule has 0 saturated heterocycles. The van der Waals surface area contributed by atoms with Crippen molar-refractivity contribution in [2.75, 3.05) is 0 Å². The summed E-state index contributed by atoms with van der Waals surface area (Å²) in [6, 6.07) is 37.1. The number of hydrogen-bond donors (Lipinski definition) is 0. The fraction of sp³-hybridized carbons (Fsp3) is 0.0312. The van der Waals surface area contributed by atoms with E-state index in [-0.39, 0.29) is 0 Å². The van der Waals surface area contributed by atoms with Gasteiger partial charge in [0, 0.05) is 39.7 Å². The number of nitrogens with zero attached hydrogens (tertiary/aromatic N) is 4. The van der Waals surface area contributed by atoms with Crippen molar-refractivity contribution < 1.29 is 0 Å². The van der Waals surface area contributed by atoms with E-state index in [1.807, 2.05) is 36.4 Å². The van der Waals surface area contributed by atoms with E-state index in [2.05, 4.69) is 84.4 Å². The van der Waals surface area contributed by atoms with Crippen LogP contribution in [-0.4, -0.2) is 14.5 Å². The van der Waals surface area contributed by atoms with Gasteiger partial charge in [0.1, 0.15) is 5.82 Å². The molecule has 5 aromatic carbocycles. The van der Waals surface area contributed by atoms with E-state index in [1.165, 1.54) is 5.56 Å². The fourth-order valence-electron chi connectivity index (χ4n) is 5.36. The minimum absolute atomic E-state index is 0.635. The molecule has 4 nitrogen and oxygen atoms in total. The number of pyridine rings is 1. The van der Waals surface area contributed by atoms with E-state index in [0.717, 1.165) is 60.6 Å². The highest BCUT2D eigenvalue weighted by Crippen LogP contribution is 2.43. The lowest BCUT2D eigenvalue weighted by Crippen LogP contribution is -1.96. The average Bonchev–Trinajstić information content (AvgIpc) is 3.29. The molecule has 0 unspecified atom stereocenters. The second-order valence-corrected chi connectivity index (χ2v) is 9.02. The molecule has 0 aliphatic rings. The smallest absolute Gasteiger partial charge is 0.140 e. The molecular formula is C32H20N4. The van der Waals surface area contributed by atoms with Crippen LogP contribution in [0, 0.1) is 11.3 Å². The highest BCUT2D eigenvalue weighted by atomic mass is 15.1. The normalized spacial score (nSPS) is 11.4. The average molecular weight is 461 g/mol. The number of hydrogen-bond acceptors (Lipinski definition) is 3. The van der Waals surface area contributed by atoms with Crippen LogP contribution in [0.3, 0.4) is 0 Å². The maximum absolute atomic E-state index is 9.25. The third-order valence-corrected chi connectivity index (χ3v) is 7.00. The predicted octanol–water partition coefficient (Wildman–Crippen LogP) is 7.63. The summed E-state index contributed by atoms with van der Waals surface area (Å²) in [5.41, 5.74) is 7.89. The number of fused-ring (bicyclic) bond motifs is 7. The first-order chi connectivity index (χ1) is 17.7. The van der Waals surface area contributed by atoms with Gasteiger partial charge in [-0.2, -0.15) is 5.26 Å². The number of nitriles is 1. The van der Waals surface area contributed by atoms with Gasteiger partial charge in [-0.05, 0) is 35.9 Å². The quantitative estimate of drug-likeness (QED) is 0.197. The molecule has 36 heavy (non-hydrogen) atoms. The standard InChI is InChI=1S/C32H20N4/c1-36-31-28-27(21-9-3-2-4-10-21)25-13-7-8-14-26(25)34-29(28)23-11-5-6-12-24(23)30(31)35-32(36)22-17-15-20(19-33)16-18-22/h2-18H,1H3. The third kappa shape index (κ3) is 2.87. The van der Waals surface area contributed by atoms with Crippen LogP contribution in [0.4, 0.5) is 0 Å². The Hall–Kier alpha value is -5.01. The van der Waals surface area contributed by atoms with E-state index in [9.17, 15) is 5.26 Å². The summed E-state index contributed by atoms with van der Waals surface area (Å²) < 4.78 is 2.17. The minimum atomic E-state index is 0.635. The van der Waals surface area contributed by atoms with Crippen LogP contribution in [0.25, 0.3) is 66.1 Å². The highest BCUT2D eigenvalue weighted by Gasteiger charge is 2.22. The van der Waals surface area contributed by atoms with Gasteiger partial charge >= 0.3 is 0 Å². The van der Waals surface area contributed by atoms with Crippen LogP contribution in [0.2, 0.25) is 0 Å². The van der Waals surface area contributed by atoms with Crippen LogP contribution in [0.1, 0.15) is 5.56 Å². The van der Waals surface area contributed by atoms with Crippen molar-refractivity contribution in [2.45, 2.75) is 0 Å². The van der Waals surface area contributed by atoms with Crippen molar-refractivity contribution >= 4 is 43.6 Å². The van der Waals surface area contributed by atoms with E-state index in [4.69, 9.17) is 9.97 Å². The van der Waals surface area contributed by atoms with Crippen molar-refractivity contribution in [3.63, 3.8) is 0 Å². The maximum atomic E-state index is 9.25. The highest BCUT2D eigenvalue weighted by molar-refractivity contribution is 6.29. The van der Waals surface area contributed by atoms with Gasteiger partial charge in [0.2, 0.25) is 0 Å². The summed E-state index contributed by atoms with van der Waals surface area (Å²) in [6.45, 7) is 0. The first-order valence-corrected chi connectivity index (χ1v) is 11.9. The monoisotopic (exact) mass is 460 g/mol. The molecule has 2 aromatic heterocycles. The Morgan fingerprint density at radius 3 is 2.00 bits per heavy atom. The third-order valence-electron chi connectivity index (χ3n) is 7.00. The number of benzene rings is 5. The van der Waals surface area contributed by atoms with Gasteiger partial charge in [-0.3, -0.25) is 0 Å². The first-order valence-electron chi connectivity index (χ1n) is 11.9. The van der Waals surface area contributed by atoms with Crippen molar-refractivity contribution in [1.82, 2.24) is 14.5 Å². The minimum Gasteiger partial charge on any atom is -0.327 e. The molecule has 0 radical (unpaired) electrons. The molecule has 0 aliphatic carbocycles. The van der Waals surface area contributed by atoms with Crippen LogP contribution in [0.5, 0.6) is 0 Å². The molecule has 168 valence electrons. The van der Waals surface area contributed by atoms with Gasteiger partial charge in [-0.25, -0.2) is 9.97 Å². The summed E-state index contributed by atoms with van der Waals surface area (Å²) in [6.07, 6.45) is 0. The SMILES string of the molecule is Cn1c(-c2ccc(C#N)cc2)nc2c3ccccc3c3nc4ccccc4c(-c4ccccc4)c3c21.